The maximum absolute atomic E-state index is 13.1. The van der Waals surface area contributed by atoms with Crippen LogP contribution in [-0.4, -0.2) is 57.1 Å². The first kappa shape index (κ1) is 20.9. The number of sulfonamides is 1. The molecule has 2 heterocycles. The van der Waals surface area contributed by atoms with Crippen molar-refractivity contribution in [1.82, 2.24) is 9.37 Å². The first-order chi connectivity index (χ1) is 13.4. The van der Waals surface area contributed by atoms with Crippen LogP contribution >= 0.6 is 11.3 Å². The molecule has 152 valence electrons. The third-order valence-electron chi connectivity index (χ3n) is 4.66. The molecule has 1 aliphatic rings. The number of thiophene rings is 1. The van der Waals surface area contributed by atoms with Crippen molar-refractivity contribution < 1.29 is 22.8 Å². The van der Waals surface area contributed by atoms with Crippen LogP contribution in [0.15, 0.2) is 46.7 Å². The van der Waals surface area contributed by atoms with Gasteiger partial charge in [0.15, 0.2) is 0 Å². The van der Waals surface area contributed by atoms with Crippen LogP contribution in [0.2, 0.25) is 0 Å². The Balaban J connectivity index is 1.79. The molecule has 3 rings (SSSR count). The average Bonchev–Trinajstić information content (AvgIpc) is 3.40. The second-order valence-electron chi connectivity index (χ2n) is 6.52. The largest absolute Gasteiger partial charge is 0.376 e. The fraction of sp³-hybridized carbons (Fsp3) is 0.421. The molecule has 1 amide bonds. The van der Waals surface area contributed by atoms with Crippen molar-refractivity contribution in [3.05, 3.63) is 52.2 Å². The zero-order valence-electron chi connectivity index (χ0n) is 15.9. The number of amides is 1. The second-order valence-corrected chi connectivity index (χ2v) is 9.49. The van der Waals surface area contributed by atoms with Gasteiger partial charge in [0.2, 0.25) is 0 Å². The van der Waals surface area contributed by atoms with Gasteiger partial charge in [-0.25, -0.2) is 8.42 Å². The molecule has 1 fully saturated rings. The molecule has 0 aliphatic carbocycles. The lowest BCUT2D eigenvalue weighted by Gasteiger charge is -2.25. The molecule has 7 nitrogen and oxygen atoms in total. The minimum absolute atomic E-state index is 0.0407. The summed E-state index contributed by atoms with van der Waals surface area (Å²) in [6, 6.07) is 9.88. The first-order valence-corrected chi connectivity index (χ1v) is 11.3. The average molecular weight is 425 g/mol. The number of hydrogen-bond acceptors (Lipinski definition) is 6. The molecule has 0 bridgehead atoms. The van der Waals surface area contributed by atoms with Crippen LogP contribution in [0, 0.1) is 0 Å². The van der Waals surface area contributed by atoms with Gasteiger partial charge in [-0.2, -0.15) is 0 Å². The standard InChI is InChI=1S/C19H24N2O5S2/c1-20(25-2)28(23,24)18-9-7-15(8-10-18)19(22)21(13-16-5-3-11-26-16)14-17-6-4-12-27-17/h4,6-10,12,16H,3,5,11,13-14H2,1-2H3. The zero-order chi connectivity index (χ0) is 20.1. The smallest absolute Gasteiger partial charge is 0.264 e. The van der Waals surface area contributed by atoms with Crippen molar-refractivity contribution in [3.63, 3.8) is 0 Å². The quantitative estimate of drug-likeness (QED) is 0.609. The summed E-state index contributed by atoms with van der Waals surface area (Å²) in [5.74, 6) is -0.145. The van der Waals surface area contributed by atoms with Crippen LogP contribution < -0.4 is 0 Å². The lowest BCUT2D eigenvalue weighted by atomic mass is 10.1. The van der Waals surface area contributed by atoms with E-state index < -0.39 is 10.0 Å². The molecule has 1 saturated heterocycles. The van der Waals surface area contributed by atoms with Gasteiger partial charge in [0, 0.05) is 30.6 Å². The topological polar surface area (TPSA) is 76.2 Å². The number of ether oxygens (including phenoxy) is 1. The van der Waals surface area contributed by atoms with Crippen LogP contribution in [0.1, 0.15) is 28.1 Å². The number of hydroxylamine groups is 1. The Kier molecular flexibility index (Phi) is 6.84. The van der Waals surface area contributed by atoms with Crippen molar-refractivity contribution in [2.24, 2.45) is 0 Å². The van der Waals surface area contributed by atoms with E-state index in [1.807, 2.05) is 17.5 Å². The van der Waals surface area contributed by atoms with E-state index in [2.05, 4.69) is 0 Å². The van der Waals surface area contributed by atoms with Gasteiger partial charge >= 0.3 is 0 Å². The summed E-state index contributed by atoms with van der Waals surface area (Å²) in [6.07, 6.45) is 1.99. The monoisotopic (exact) mass is 424 g/mol. The fourth-order valence-electron chi connectivity index (χ4n) is 3.04. The molecular weight excluding hydrogens is 400 g/mol. The maximum Gasteiger partial charge on any atom is 0.264 e. The molecule has 0 radical (unpaired) electrons. The van der Waals surface area contributed by atoms with Crippen LogP contribution in [0.5, 0.6) is 0 Å². The minimum Gasteiger partial charge on any atom is -0.376 e. The highest BCUT2D eigenvalue weighted by Crippen LogP contribution is 2.21. The van der Waals surface area contributed by atoms with E-state index in [4.69, 9.17) is 9.57 Å². The summed E-state index contributed by atoms with van der Waals surface area (Å²) in [5.41, 5.74) is 0.438. The van der Waals surface area contributed by atoms with E-state index in [0.717, 1.165) is 28.8 Å². The van der Waals surface area contributed by atoms with Crippen LogP contribution in [0.4, 0.5) is 0 Å². The molecule has 9 heteroatoms. The number of rotatable bonds is 8. The predicted octanol–water partition coefficient (Wildman–Crippen LogP) is 2.75. The molecular formula is C19H24N2O5S2. The molecule has 1 aliphatic heterocycles. The van der Waals surface area contributed by atoms with Gasteiger partial charge in [-0.1, -0.05) is 10.5 Å². The molecule has 0 N–H and O–H groups in total. The Morgan fingerprint density at radius 3 is 2.61 bits per heavy atom. The minimum atomic E-state index is -3.74. The third kappa shape index (κ3) is 4.79. The Morgan fingerprint density at radius 2 is 2.04 bits per heavy atom. The number of hydrogen-bond donors (Lipinski definition) is 0. The van der Waals surface area contributed by atoms with E-state index >= 15 is 0 Å². The van der Waals surface area contributed by atoms with E-state index in [1.165, 1.54) is 38.4 Å². The van der Waals surface area contributed by atoms with Gasteiger partial charge in [-0.05, 0) is 48.6 Å². The molecule has 1 aromatic carbocycles. The van der Waals surface area contributed by atoms with E-state index in [0.29, 0.717) is 18.7 Å². The summed E-state index contributed by atoms with van der Waals surface area (Å²) >= 11 is 1.60. The SMILES string of the molecule is CON(C)S(=O)(=O)c1ccc(C(=O)N(Cc2cccs2)CC2CCCO2)cc1. The van der Waals surface area contributed by atoms with Crippen molar-refractivity contribution >= 4 is 27.3 Å². The van der Waals surface area contributed by atoms with Crippen molar-refractivity contribution in [3.8, 4) is 0 Å². The number of carbonyl (C=O) groups is 1. The normalized spacial score (nSPS) is 17.2. The van der Waals surface area contributed by atoms with Crippen LogP contribution in [0.25, 0.3) is 0 Å². The van der Waals surface area contributed by atoms with Crippen molar-refractivity contribution in [2.75, 3.05) is 27.3 Å². The molecule has 0 spiro atoms. The molecule has 2 aromatic rings. The number of carbonyl (C=O) groups excluding carboxylic acids is 1. The fourth-order valence-corrected chi connectivity index (χ4v) is 4.74. The third-order valence-corrected chi connectivity index (χ3v) is 7.21. The lowest BCUT2D eigenvalue weighted by molar-refractivity contribution is -0.0258. The van der Waals surface area contributed by atoms with Crippen molar-refractivity contribution in [1.29, 1.82) is 0 Å². The number of benzene rings is 1. The van der Waals surface area contributed by atoms with E-state index in [-0.39, 0.29) is 16.9 Å². The maximum atomic E-state index is 13.1. The van der Waals surface area contributed by atoms with Crippen molar-refractivity contribution in [2.45, 2.75) is 30.4 Å². The molecule has 0 saturated carbocycles. The van der Waals surface area contributed by atoms with Gasteiger partial charge < -0.3 is 9.64 Å². The highest BCUT2D eigenvalue weighted by atomic mass is 32.2. The van der Waals surface area contributed by atoms with Gasteiger partial charge in [0.05, 0.1) is 24.7 Å². The molecule has 1 aromatic heterocycles. The highest BCUT2D eigenvalue weighted by Gasteiger charge is 2.25. The Morgan fingerprint density at radius 1 is 1.29 bits per heavy atom. The summed E-state index contributed by atoms with van der Waals surface area (Å²) in [5, 5.41) is 1.98. The van der Waals surface area contributed by atoms with Crippen LogP contribution in [-0.2, 0) is 26.1 Å². The summed E-state index contributed by atoms with van der Waals surface area (Å²) in [7, 11) is -1.14. The summed E-state index contributed by atoms with van der Waals surface area (Å²) in [6.45, 7) is 1.75. The lowest BCUT2D eigenvalue weighted by Crippen LogP contribution is -2.36. The first-order valence-electron chi connectivity index (χ1n) is 8.98. The number of nitrogens with zero attached hydrogens (tertiary/aromatic N) is 2. The Hall–Kier alpha value is -1.78. The highest BCUT2D eigenvalue weighted by molar-refractivity contribution is 7.89. The van der Waals surface area contributed by atoms with E-state index in [9.17, 15) is 13.2 Å². The zero-order valence-corrected chi connectivity index (χ0v) is 17.5. The molecule has 28 heavy (non-hydrogen) atoms. The van der Waals surface area contributed by atoms with Gasteiger partial charge in [0.25, 0.3) is 15.9 Å². The Bertz CT molecular complexity index is 876. The second kappa shape index (κ2) is 9.15. The van der Waals surface area contributed by atoms with E-state index in [1.54, 1.807) is 16.2 Å². The Labute approximate surface area is 169 Å². The van der Waals surface area contributed by atoms with Crippen LogP contribution in [0.3, 0.4) is 0 Å². The summed E-state index contributed by atoms with van der Waals surface area (Å²) in [4.78, 5) is 20.8. The summed E-state index contributed by atoms with van der Waals surface area (Å²) < 4.78 is 31.1. The molecule has 1 atom stereocenters. The van der Waals surface area contributed by atoms with Gasteiger partial charge in [-0.15, -0.1) is 11.3 Å². The predicted molar refractivity (Wildman–Crippen MR) is 106 cm³/mol. The molecule has 1 unspecified atom stereocenters. The van der Waals surface area contributed by atoms with Gasteiger partial charge in [-0.3, -0.25) is 9.63 Å². The van der Waals surface area contributed by atoms with Gasteiger partial charge in [0.1, 0.15) is 0 Å².